The monoisotopic (exact) mass is 423 g/mol. The highest BCUT2D eigenvalue weighted by Crippen LogP contribution is 2.31. The molecule has 2 aromatic rings. The second-order valence-electron chi connectivity index (χ2n) is 6.70. The number of piperidine rings is 1. The molecule has 0 spiro atoms. The van der Waals surface area contributed by atoms with Crippen LogP contribution in [-0.2, 0) is 21.4 Å². The van der Waals surface area contributed by atoms with Crippen molar-refractivity contribution in [3.05, 3.63) is 30.1 Å². The number of anilines is 1. The maximum Gasteiger partial charge on any atom is 0.243 e. The van der Waals surface area contributed by atoms with Crippen LogP contribution in [0.4, 0.5) is 5.69 Å². The summed E-state index contributed by atoms with van der Waals surface area (Å²) in [6, 6.07) is 6.28. The highest BCUT2D eigenvalue weighted by atomic mass is 32.2. The van der Waals surface area contributed by atoms with Crippen LogP contribution in [0.2, 0.25) is 0 Å². The quantitative estimate of drug-likeness (QED) is 0.717. The first-order valence-electron chi connectivity index (χ1n) is 9.21. The van der Waals surface area contributed by atoms with E-state index in [0.29, 0.717) is 18.8 Å². The zero-order valence-electron chi connectivity index (χ0n) is 16.3. The summed E-state index contributed by atoms with van der Waals surface area (Å²) in [6.07, 6.45) is 3.63. The standard InChI is InChI=1S/C18H25N5O3S2/c1-4-23-17(20-21-18(23)27-3)14-6-5-11-22(12-14)28(25,26)16-9-7-15(8-10-16)19-13(2)24/h7-10,14H,4-6,11-12H2,1-3H3,(H,19,24). The fraction of sp³-hybridized carbons (Fsp3) is 0.500. The second-order valence-corrected chi connectivity index (χ2v) is 9.41. The molecule has 1 unspecified atom stereocenters. The summed E-state index contributed by atoms with van der Waals surface area (Å²) in [4.78, 5) is 11.4. The molecule has 1 N–H and O–H groups in total. The van der Waals surface area contributed by atoms with Gasteiger partial charge in [0, 0.05) is 38.2 Å². The fourth-order valence-corrected chi connectivity index (χ4v) is 5.57. The maximum atomic E-state index is 13.1. The number of nitrogens with zero attached hydrogens (tertiary/aromatic N) is 4. The van der Waals surface area contributed by atoms with Crippen LogP contribution in [0.5, 0.6) is 0 Å². The van der Waals surface area contributed by atoms with Crippen LogP contribution in [0.3, 0.4) is 0 Å². The molecule has 3 rings (SSSR count). The Labute approximate surface area is 169 Å². The van der Waals surface area contributed by atoms with E-state index in [2.05, 4.69) is 20.1 Å². The lowest BCUT2D eigenvalue weighted by Crippen LogP contribution is -2.39. The van der Waals surface area contributed by atoms with E-state index < -0.39 is 10.0 Å². The Hall–Kier alpha value is -1.91. The Morgan fingerprint density at radius 2 is 2.00 bits per heavy atom. The molecule has 152 valence electrons. The number of benzene rings is 1. The number of hydrogen-bond donors (Lipinski definition) is 1. The van der Waals surface area contributed by atoms with Crippen molar-refractivity contribution in [3.63, 3.8) is 0 Å². The van der Waals surface area contributed by atoms with E-state index in [4.69, 9.17) is 0 Å². The average molecular weight is 424 g/mol. The summed E-state index contributed by atoms with van der Waals surface area (Å²) < 4.78 is 29.8. The minimum absolute atomic E-state index is 0.0236. The molecule has 0 saturated carbocycles. The molecule has 0 radical (unpaired) electrons. The van der Waals surface area contributed by atoms with Crippen molar-refractivity contribution in [2.75, 3.05) is 24.7 Å². The fourth-order valence-electron chi connectivity index (χ4n) is 3.48. The Bertz CT molecular complexity index is 941. The maximum absolute atomic E-state index is 13.1. The van der Waals surface area contributed by atoms with Crippen LogP contribution in [0.25, 0.3) is 0 Å². The van der Waals surface area contributed by atoms with Gasteiger partial charge in [-0.3, -0.25) is 4.79 Å². The van der Waals surface area contributed by atoms with E-state index in [1.165, 1.54) is 23.4 Å². The third kappa shape index (κ3) is 4.23. The molecule has 1 aliphatic rings. The minimum Gasteiger partial charge on any atom is -0.326 e. The highest BCUT2D eigenvalue weighted by Gasteiger charge is 2.33. The minimum atomic E-state index is -3.61. The number of thioether (sulfide) groups is 1. The van der Waals surface area contributed by atoms with Gasteiger partial charge in [0.15, 0.2) is 5.16 Å². The van der Waals surface area contributed by atoms with Gasteiger partial charge in [0.25, 0.3) is 0 Å². The molecule has 1 aromatic carbocycles. The second kappa shape index (κ2) is 8.62. The third-order valence-corrected chi connectivity index (χ3v) is 7.35. The zero-order valence-corrected chi connectivity index (χ0v) is 17.9. The SMILES string of the molecule is CCn1c(SC)nnc1C1CCCN(S(=O)(=O)c2ccc(NC(C)=O)cc2)C1. The summed E-state index contributed by atoms with van der Waals surface area (Å²) in [6.45, 7) is 5.09. The first-order valence-corrected chi connectivity index (χ1v) is 11.9. The number of rotatable bonds is 6. The van der Waals surface area contributed by atoms with Crippen LogP contribution >= 0.6 is 11.8 Å². The third-order valence-electron chi connectivity index (χ3n) is 4.81. The lowest BCUT2D eigenvalue weighted by molar-refractivity contribution is -0.114. The van der Waals surface area contributed by atoms with Crippen molar-refractivity contribution in [2.45, 2.75) is 49.2 Å². The van der Waals surface area contributed by atoms with Gasteiger partial charge in [0.2, 0.25) is 15.9 Å². The van der Waals surface area contributed by atoms with Gasteiger partial charge in [-0.2, -0.15) is 4.31 Å². The summed E-state index contributed by atoms with van der Waals surface area (Å²) in [5, 5.41) is 12.1. The lowest BCUT2D eigenvalue weighted by atomic mass is 9.99. The van der Waals surface area contributed by atoms with Crippen LogP contribution in [0.15, 0.2) is 34.3 Å². The molecule has 10 heteroatoms. The van der Waals surface area contributed by atoms with Gasteiger partial charge in [-0.25, -0.2) is 8.42 Å². The van der Waals surface area contributed by atoms with E-state index in [-0.39, 0.29) is 16.7 Å². The predicted octanol–water partition coefficient (Wildman–Crippen LogP) is 2.55. The Morgan fingerprint density at radius 3 is 2.61 bits per heavy atom. The first kappa shape index (κ1) is 20.8. The number of carbonyl (C=O) groups is 1. The Balaban J connectivity index is 1.81. The van der Waals surface area contributed by atoms with Crippen molar-refractivity contribution in [1.29, 1.82) is 0 Å². The molecule has 1 amide bonds. The van der Waals surface area contributed by atoms with E-state index >= 15 is 0 Å². The van der Waals surface area contributed by atoms with Crippen molar-refractivity contribution in [3.8, 4) is 0 Å². The first-order chi connectivity index (χ1) is 13.4. The van der Waals surface area contributed by atoms with Crippen LogP contribution in [0, 0.1) is 0 Å². The molecule has 1 fully saturated rings. The molecular formula is C18H25N5O3S2. The molecule has 1 saturated heterocycles. The number of hydrogen-bond acceptors (Lipinski definition) is 6. The largest absolute Gasteiger partial charge is 0.326 e. The number of aromatic nitrogens is 3. The van der Waals surface area contributed by atoms with Crippen LogP contribution < -0.4 is 5.32 Å². The lowest BCUT2D eigenvalue weighted by Gasteiger charge is -2.31. The van der Waals surface area contributed by atoms with Crippen molar-refractivity contribution < 1.29 is 13.2 Å². The molecule has 1 aromatic heterocycles. The highest BCUT2D eigenvalue weighted by molar-refractivity contribution is 7.98. The molecule has 1 aliphatic heterocycles. The van der Waals surface area contributed by atoms with Gasteiger partial charge in [-0.1, -0.05) is 11.8 Å². The smallest absolute Gasteiger partial charge is 0.243 e. The van der Waals surface area contributed by atoms with Gasteiger partial charge < -0.3 is 9.88 Å². The number of nitrogens with one attached hydrogen (secondary N) is 1. The van der Waals surface area contributed by atoms with Gasteiger partial charge in [0.1, 0.15) is 5.82 Å². The summed E-state index contributed by atoms with van der Waals surface area (Å²) in [5.41, 5.74) is 0.573. The molecule has 1 atom stereocenters. The number of carbonyl (C=O) groups excluding carboxylic acids is 1. The van der Waals surface area contributed by atoms with Crippen molar-refractivity contribution >= 4 is 33.4 Å². The molecular weight excluding hydrogens is 398 g/mol. The van der Waals surface area contributed by atoms with Gasteiger partial charge in [-0.05, 0) is 50.3 Å². The van der Waals surface area contributed by atoms with Crippen LogP contribution in [0.1, 0.15) is 38.4 Å². The zero-order chi connectivity index (χ0) is 20.3. The molecule has 28 heavy (non-hydrogen) atoms. The van der Waals surface area contributed by atoms with Crippen molar-refractivity contribution in [2.24, 2.45) is 0 Å². The normalized spacial score (nSPS) is 18.2. The van der Waals surface area contributed by atoms with E-state index in [1.54, 1.807) is 23.9 Å². The van der Waals surface area contributed by atoms with Crippen molar-refractivity contribution in [1.82, 2.24) is 19.1 Å². The van der Waals surface area contributed by atoms with E-state index in [9.17, 15) is 13.2 Å². The summed E-state index contributed by atoms with van der Waals surface area (Å²) in [5.74, 6) is 0.683. The molecule has 0 bridgehead atoms. The molecule has 8 nitrogen and oxygen atoms in total. The van der Waals surface area contributed by atoms with Gasteiger partial charge in [-0.15, -0.1) is 10.2 Å². The number of sulfonamides is 1. The molecule has 2 heterocycles. The van der Waals surface area contributed by atoms with E-state index in [0.717, 1.165) is 30.4 Å². The molecule has 0 aliphatic carbocycles. The summed E-state index contributed by atoms with van der Waals surface area (Å²) >= 11 is 1.54. The van der Waals surface area contributed by atoms with Crippen LogP contribution in [-0.4, -0.2) is 52.7 Å². The average Bonchev–Trinajstić information content (AvgIpc) is 3.11. The van der Waals surface area contributed by atoms with E-state index in [1.807, 2.05) is 13.2 Å². The Morgan fingerprint density at radius 1 is 1.29 bits per heavy atom. The predicted molar refractivity (Wildman–Crippen MR) is 109 cm³/mol. The topological polar surface area (TPSA) is 97.2 Å². The van der Waals surface area contributed by atoms with Gasteiger partial charge >= 0.3 is 0 Å². The number of amides is 1. The summed E-state index contributed by atoms with van der Waals surface area (Å²) in [7, 11) is -3.61. The van der Waals surface area contributed by atoms with Gasteiger partial charge in [0.05, 0.1) is 4.90 Å². The Kier molecular flexibility index (Phi) is 6.41.